The number of allylic oxidation sites excluding steroid dienone is 1. The van der Waals surface area contributed by atoms with Crippen LogP contribution in [0.2, 0.25) is 0 Å². The zero-order valence-corrected chi connectivity index (χ0v) is 15.6. The van der Waals surface area contributed by atoms with Crippen molar-refractivity contribution in [1.82, 2.24) is 4.90 Å². The fourth-order valence-electron chi connectivity index (χ4n) is 3.81. The number of hydrogen-bond acceptors (Lipinski definition) is 4. The molecule has 3 rings (SSSR count). The highest BCUT2D eigenvalue weighted by atomic mass is 32.2. The third-order valence-electron chi connectivity index (χ3n) is 5.11. The molecule has 0 unspecified atom stereocenters. The number of carboxylic acid groups (broad SMARTS) is 1. The minimum absolute atomic E-state index is 0.0830. The van der Waals surface area contributed by atoms with Gasteiger partial charge in [-0.05, 0) is 18.6 Å². The van der Waals surface area contributed by atoms with Crippen molar-refractivity contribution < 1.29 is 24.4 Å². The van der Waals surface area contributed by atoms with Gasteiger partial charge in [-0.15, -0.1) is 11.8 Å². The lowest BCUT2D eigenvalue weighted by Crippen LogP contribution is -2.63. The molecule has 4 atom stereocenters. The Bertz CT molecular complexity index is 772. The van der Waals surface area contributed by atoms with Crippen molar-refractivity contribution in [1.29, 1.82) is 0 Å². The number of amides is 1. The van der Waals surface area contributed by atoms with Crippen molar-refractivity contribution in [2.24, 2.45) is 11.8 Å². The molecule has 26 heavy (non-hydrogen) atoms. The lowest BCUT2D eigenvalue weighted by Gasteiger charge is -2.46. The van der Waals surface area contributed by atoms with Crippen molar-refractivity contribution in [2.75, 3.05) is 5.75 Å². The Morgan fingerprint density at radius 3 is 2.65 bits per heavy atom. The third kappa shape index (κ3) is 3.05. The highest BCUT2D eigenvalue weighted by molar-refractivity contribution is 7.99. The first kappa shape index (κ1) is 18.7. The molecule has 2 aliphatic heterocycles. The third-order valence-corrected chi connectivity index (χ3v) is 6.17. The summed E-state index contributed by atoms with van der Waals surface area (Å²) in [6.07, 6.45) is 4.95. The molecule has 1 aromatic heterocycles. The molecule has 7 heteroatoms. The largest absolute Gasteiger partial charge is 0.477 e. The second kappa shape index (κ2) is 7.25. The van der Waals surface area contributed by atoms with Gasteiger partial charge in [-0.3, -0.25) is 4.79 Å². The fourth-order valence-corrected chi connectivity index (χ4v) is 4.84. The Labute approximate surface area is 156 Å². The predicted octanol–water partition coefficient (Wildman–Crippen LogP) is 1.45. The number of aromatic nitrogens is 1. The summed E-state index contributed by atoms with van der Waals surface area (Å²) in [6.45, 7) is 7.96. The Kier molecular flexibility index (Phi) is 5.20. The maximum absolute atomic E-state index is 12.3. The maximum Gasteiger partial charge on any atom is 0.352 e. The minimum atomic E-state index is -1.08. The minimum Gasteiger partial charge on any atom is -0.477 e. The van der Waals surface area contributed by atoms with Gasteiger partial charge in [0.15, 0.2) is 18.9 Å². The normalized spacial score (nSPS) is 25.7. The SMILES string of the molecule is C=CC[n+]1ccc(SCC2=C(C(=O)O)N3C(=O)[C@H]([C@@H](C)O)[C@H]3[C@H]2C)cc1. The first-order valence-electron chi connectivity index (χ1n) is 8.57. The molecule has 6 nitrogen and oxygen atoms in total. The summed E-state index contributed by atoms with van der Waals surface area (Å²) in [7, 11) is 0. The van der Waals surface area contributed by atoms with Gasteiger partial charge < -0.3 is 15.1 Å². The highest BCUT2D eigenvalue weighted by Crippen LogP contribution is 2.48. The number of aliphatic hydroxyl groups excluding tert-OH is 1. The molecule has 0 spiro atoms. The number of carbonyl (C=O) groups is 2. The van der Waals surface area contributed by atoms with Crippen molar-refractivity contribution in [3.63, 3.8) is 0 Å². The summed E-state index contributed by atoms with van der Waals surface area (Å²) in [6, 6.07) is 3.70. The van der Waals surface area contributed by atoms with Crippen LogP contribution in [0, 0.1) is 11.8 Å². The molecule has 2 N–H and O–H groups in total. The van der Waals surface area contributed by atoms with Gasteiger partial charge >= 0.3 is 5.97 Å². The van der Waals surface area contributed by atoms with Gasteiger partial charge in [0.1, 0.15) is 5.70 Å². The van der Waals surface area contributed by atoms with Crippen LogP contribution in [0.15, 0.2) is 53.3 Å². The number of pyridine rings is 1. The fraction of sp³-hybridized carbons (Fsp3) is 0.421. The van der Waals surface area contributed by atoms with Crippen molar-refractivity contribution >= 4 is 23.6 Å². The molecule has 1 saturated heterocycles. The van der Waals surface area contributed by atoms with E-state index in [-0.39, 0.29) is 23.6 Å². The molecule has 1 fully saturated rings. The van der Waals surface area contributed by atoms with E-state index in [9.17, 15) is 19.8 Å². The number of thioether (sulfide) groups is 1. The zero-order chi connectivity index (χ0) is 19.0. The number of hydrogen-bond donors (Lipinski definition) is 2. The molecule has 1 amide bonds. The van der Waals surface area contributed by atoms with Gasteiger partial charge in [0.2, 0.25) is 5.91 Å². The summed E-state index contributed by atoms with van der Waals surface area (Å²) in [5.41, 5.74) is 0.848. The molecule has 0 radical (unpaired) electrons. The second-order valence-corrected chi connectivity index (χ2v) is 7.79. The molecule has 0 aromatic carbocycles. The standard InChI is InChI=1S/C19H22N2O4S/c1-4-7-20-8-5-13(6-9-20)26-10-14-11(2)16-15(12(3)22)18(23)21(16)17(14)19(24)25/h4-6,8-9,11-12,15-16,22H,1,7,10H2,2-3H3/p+1/t11-,12+,15+,16+/m0/s1. The number of carboxylic acids is 1. The zero-order valence-electron chi connectivity index (χ0n) is 14.8. The van der Waals surface area contributed by atoms with Crippen LogP contribution in [0.25, 0.3) is 0 Å². The van der Waals surface area contributed by atoms with E-state index in [1.54, 1.807) is 18.7 Å². The Balaban J connectivity index is 1.78. The van der Waals surface area contributed by atoms with E-state index in [0.29, 0.717) is 5.75 Å². The molecular formula is C19H23N2O4S+. The topological polar surface area (TPSA) is 81.7 Å². The molecule has 0 bridgehead atoms. The van der Waals surface area contributed by atoms with E-state index in [4.69, 9.17) is 0 Å². The summed E-state index contributed by atoms with van der Waals surface area (Å²) in [5.74, 6) is -1.47. The number of carbonyl (C=O) groups excluding carboxylic acids is 1. The van der Waals surface area contributed by atoms with E-state index < -0.39 is 18.0 Å². The molecule has 2 aliphatic rings. The second-order valence-electron chi connectivity index (χ2n) is 6.74. The van der Waals surface area contributed by atoms with Gasteiger partial charge in [0, 0.05) is 28.7 Å². The Morgan fingerprint density at radius 1 is 1.46 bits per heavy atom. The molecular weight excluding hydrogens is 352 g/mol. The number of aliphatic carboxylic acids is 1. The van der Waals surface area contributed by atoms with E-state index in [1.807, 2.05) is 42.1 Å². The average molecular weight is 375 g/mol. The summed E-state index contributed by atoms with van der Waals surface area (Å²) in [5, 5.41) is 19.5. The van der Waals surface area contributed by atoms with E-state index in [1.165, 1.54) is 4.90 Å². The average Bonchev–Trinajstić information content (AvgIpc) is 2.83. The Hall–Kier alpha value is -2.12. The number of fused-ring (bicyclic) bond motifs is 1. The van der Waals surface area contributed by atoms with Crippen LogP contribution in [-0.4, -0.2) is 44.9 Å². The molecule has 0 aliphatic carbocycles. The molecule has 3 heterocycles. The van der Waals surface area contributed by atoms with E-state index in [0.717, 1.165) is 17.0 Å². The van der Waals surface area contributed by atoms with Crippen LogP contribution in [0.1, 0.15) is 13.8 Å². The van der Waals surface area contributed by atoms with E-state index >= 15 is 0 Å². The number of nitrogens with zero attached hydrogens (tertiary/aromatic N) is 2. The van der Waals surface area contributed by atoms with Crippen molar-refractivity contribution in [3.05, 3.63) is 48.5 Å². The highest BCUT2D eigenvalue weighted by Gasteiger charge is 2.59. The van der Waals surface area contributed by atoms with E-state index in [2.05, 4.69) is 6.58 Å². The van der Waals surface area contributed by atoms with Crippen LogP contribution >= 0.6 is 11.8 Å². The predicted molar refractivity (Wildman–Crippen MR) is 97.2 cm³/mol. The number of aliphatic hydroxyl groups is 1. The number of rotatable bonds is 7. The van der Waals surface area contributed by atoms with Crippen LogP contribution in [-0.2, 0) is 16.1 Å². The van der Waals surface area contributed by atoms with Crippen molar-refractivity contribution in [2.45, 2.75) is 37.4 Å². The van der Waals surface area contributed by atoms with Crippen LogP contribution in [0.4, 0.5) is 0 Å². The Morgan fingerprint density at radius 2 is 2.12 bits per heavy atom. The molecule has 1 aromatic rings. The van der Waals surface area contributed by atoms with Crippen molar-refractivity contribution in [3.8, 4) is 0 Å². The van der Waals surface area contributed by atoms with Crippen LogP contribution in [0.3, 0.4) is 0 Å². The summed E-state index contributed by atoms with van der Waals surface area (Å²) in [4.78, 5) is 26.5. The van der Waals surface area contributed by atoms with Gasteiger partial charge in [-0.25, -0.2) is 9.36 Å². The monoisotopic (exact) mass is 375 g/mol. The van der Waals surface area contributed by atoms with Gasteiger partial charge in [-0.2, -0.15) is 0 Å². The lowest BCUT2D eigenvalue weighted by atomic mass is 9.78. The number of β-lactam (4-membered cyclic amide) rings is 1. The van der Waals surface area contributed by atoms with Gasteiger partial charge in [0.05, 0.1) is 18.1 Å². The maximum atomic E-state index is 12.3. The van der Waals surface area contributed by atoms with Gasteiger partial charge in [0.25, 0.3) is 0 Å². The quantitative estimate of drug-likeness (QED) is 0.326. The molecule has 138 valence electrons. The molecule has 0 saturated carbocycles. The van der Waals surface area contributed by atoms with Crippen LogP contribution in [0.5, 0.6) is 0 Å². The first-order chi connectivity index (χ1) is 12.4. The van der Waals surface area contributed by atoms with Crippen LogP contribution < -0.4 is 4.57 Å². The summed E-state index contributed by atoms with van der Waals surface area (Å²) < 4.78 is 2.00. The van der Waals surface area contributed by atoms with Gasteiger partial charge in [-0.1, -0.05) is 13.5 Å². The smallest absolute Gasteiger partial charge is 0.352 e. The lowest BCUT2D eigenvalue weighted by molar-refractivity contribution is -0.687. The first-order valence-corrected chi connectivity index (χ1v) is 9.55. The summed E-state index contributed by atoms with van der Waals surface area (Å²) >= 11 is 1.55.